The van der Waals surface area contributed by atoms with Crippen molar-refractivity contribution in [3.05, 3.63) is 35.0 Å². The molecule has 3 rings (SSSR count). The summed E-state index contributed by atoms with van der Waals surface area (Å²) in [5.74, 6) is -1.15. The maximum absolute atomic E-state index is 12.3. The van der Waals surface area contributed by atoms with E-state index in [1.807, 2.05) is 26.0 Å². The number of benzene rings is 1. The van der Waals surface area contributed by atoms with E-state index in [-0.39, 0.29) is 12.2 Å². The molecule has 1 aromatic heterocycles. The lowest BCUT2D eigenvalue weighted by Gasteiger charge is -2.17. The van der Waals surface area contributed by atoms with Crippen LogP contribution >= 0.6 is 0 Å². The zero-order valence-corrected chi connectivity index (χ0v) is 13.8. The van der Waals surface area contributed by atoms with Crippen molar-refractivity contribution >= 4 is 28.8 Å². The molecular weight excluding hydrogens is 310 g/mol. The summed E-state index contributed by atoms with van der Waals surface area (Å²) < 4.78 is 5.22. The van der Waals surface area contributed by atoms with Crippen LogP contribution < -0.4 is 5.32 Å². The predicted molar refractivity (Wildman–Crippen MR) is 87.8 cm³/mol. The monoisotopic (exact) mass is 329 g/mol. The second-order valence-corrected chi connectivity index (χ2v) is 6.00. The van der Waals surface area contributed by atoms with E-state index in [1.165, 1.54) is 6.92 Å². The fraction of sp³-hybridized carbons (Fsp3) is 0.353. The number of ether oxygens (including phenoxy) is 1. The van der Waals surface area contributed by atoms with Crippen molar-refractivity contribution in [2.75, 3.05) is 13.1 Å². The molecule has 2 N–H and O–H groups in total. The summed E-state index contributed by atoms with van der Waals surface area (Å²) in [6.07, 6.45) is -1.03. The van der Waals surface area contributed by atoms with Gasteiger partial charge in [-0.2, -0.15) is 0 Å². The fourth-order valence-electron chi connectivity index (χ4n) is 2.89. The Kier molecular flexibility index (Phi) is 4.01. The van der Waals surface area contributed by atoms with Crippen LogP contribution in [0.3, 0.4) is 0 Å². The van der Waals surface area contributed by atoms with E-state index in [2.05, 4.69) is 10.3 Å². The number of hydrogen-bond acceptors (Lipinski definition) is 4. The molecule has 1 aromatic carbocycles. The van der Waals surface area contributed by atoms with Crippen molar-refractivity contribution in [3.8, 4) is 0 Å². The Morgan fingerprint density at radius 2 is 2.00 bits per heavy atom. The smallest absolute Gasteiger partial charge is 0.355 e. The zero-order valence-electron chi connectivity index (χ0n) is 13.8. The first-order valence-electron chi connectivity index (χ1n) is 7.77. The molecule has 0 radical (unpaired) electrons. The number of aromatic amines is 1. The second-order valence-electron chi connectivity index (χ2n) is 6.00. The number of urea groups is 1. The quantitative estimate of drug-likeness (QED) is 0.841. The molecule has 1 aliphatic heterocycles. The van der Waals surface area contributed by atoms with E-state index in [4.69, 9.17) is 4.74 Å². The summed E-state index contributed by atoms with van der Waals surface area (Å²) in [5.41, 5.74) is 3.27. The van der Waals surface area contributed by atoms with E-state index < -0.39 is 24.0 Å². The van der Waals surface area contributed by atoms with Crippen LogP contribution in [-0.2, 0) is 9.53 Å². The molecule has 24 heavy (non-hydrogen) atoms. The van der Waals surface area contributed by atoms with Gasteiger partial charge in [-0.25, -0.2) is 9.59 Å². The van der Waals surface area contributed by atoms with Gasteiger partial charge >= 0.3 is 12.0 Å². The molecule has 126 valence electrons. The van der Waals surface area contributed by atoms with E-state index in [9.17, 15) is 14.4 Å². The van der Waals surface area contributed by atoms with Crippen LogP contribution in [0.5, 0.6) is 0 Å². The van der Waals surface area contributed by atoms with Gasteiger partial charge in [0.2, 0.25) is 0 Å². The van der Waals surface area contributed by atoms with Crippen LogP contribution in [0.15, 0.2) is 18.2 Å². The van der Waals surface area contributed by atoms with Crippen molar-refractivity contribution in [1.82, 2.24) is 15.2 Å². The van der Waals surface area contributed by atoms with Crippen LogP contribution in [-0.4, -0.2) is 47.0 Å². The molecule has 0 aliphatic carbocycles. The van der Waals surface area contributed by atoms with Crippen LogP contribution in [0.25, 0.3) is 10.9 Å². The van der Waals surface area contributed by atoms with Gasteiger partial charge in [0.1, 0.15) is 5.69 Å². The lowest BCUT2D eigenvalue weighted by Crippen LogP contribution is -2.41. The highest BCUT2D eigenvalue weighted by Gasteiger charge is 2.32. The van der Waals surface area contributed by atoms with Gasteiger partial charge in [-0.3, -0.25) is 9.69 Å². The van der Waals surface area contributed by atoms with E-state index in [0.717, 1.165) is 26.9 Å². The van der Waals surface area contributed by atoms with Crippen LogP contribution in [0.4, 0.5) is 4.79 Å². The molecule has 3 amide bonds. The Bertz CT molecular complexity index is 840. The van der Waals surface area contributed by atoms with Gasteiger partial charge in [0, 0.05) is 24.0 Å². The Morgan fingerprint density at radius 3 is 2.67 bits per heavy atom. The Hall–Kier alpha value is -2.83. The lowest BCUT2D eigenvalue weighted by atomic mass is 10.1. The van der Waals surface area contributed by atoms with Gasteiger partial charge < -0.3 is 15.0 Å². The number of nitrogens with one attached hydrogen (secondary N) is 2. The molecule has 1 saturated heterocycles. The number of amides is 3. The molecule has 0 unspecified atom stereocenters. The minimum Gasteiger partial charge on any atom is -0.448 e. The summed E-state index contributed by atoms with van der Waals surface area (Å²) in [6, 6.07) is 5.23. The number of carbonyl (C=O) groups is 3. The molecular formula is C17H19N3O4. The third-order valence-corrected chi connectivity index (χ3v) is 4.06. The lowest BCUT2D eigenvalue weighted by molar-refractivity contribution is -0.136. The summed E-state index contributed by atoms with van der Waals surface area (Å²) in [5, 5.41) is 3.47. The first-order chi connectivity index (χ1) is 11.4. The first kappa shape index (κ1) is 16.0. The Labute approximate surface area is 139 Å². The average Bonchev–Trinajstić information content (AvgIpc) is 3.12. The Morgan fingerprint density at radius 1 is 1.25 bits per heavy atom. The van der Waals surface area contributed by atoms with Crippen LogP contribution in [0.2, 0.25) is 0 Å². The van der Waals surface area contributed by atoms with Crippen molar-refractivity contribution in [2.24, 2.45) is 0 Å². The molecule has 0 saturated carbocycles. The summed E-state index contributed by atoms with van der Waals surface area (Å²) >= 11 is 0. The van der Waals surface area contributed by atoms with Crippen molar-refractivity contribution < 1.29 is 19.1 Å². The van der Waals surface area contributed by atoms with Gasteiger partial charge in [0.25, 0.3) is 5.91 Å². The topological polar surface area (TPSA) is 91.5 Å². The summed E-state index contributed by atoms with van der Waals surface area (Å²) in [4.78, 5) is 40.1. The largest absolute Gasteiger partial charge is 0.448 e. The highest BCUT2D eigenvalue weighted by molar-refractivity contribution is 6.00. The van der Waals surface area contributed by atoms with Crippen molar-refractivity contribution in [3.63, 3.8) is 0 Å². The van der Waals surface area contributed by atoms with E-state index in [0.29, 0.717) is 6.54 Å². The molecule has 0 spiro atoms. The van der Waals surface area contributed by atoms with Gasteiger partial charge in [-0.15, -0.1) is 0 Å². The van der Waals surface area contributed by atoms with E-state index >= 15 is 0 Å². The number of fused-ring (bicyclic) bond motifs is 1. The number of aromatic nitrogens is 1. The Balaban J connectivity index is 1.76. The number of imide groups is 1. The maximum atomic E-state index is 12.3. The van der Waals surface area contributed by atoms with Crippen LogP contribution in [0.1, 0.15) is 28.5 Å². The summed E-state index contributed by atoms with van der Waals surface area (Å²) in [7, 11) is 0. The highest BCUT2D eigenvalue weighted by Crippen LogP contribution is 2.22. The standard InChI is InChI=1S/C17H19N3O4/c1-9-6-10(2)12-8-14(19-13(12)7-9)16(22)24-11(3)15(21)20-5-4-18-17(20)23/h6-8,11,19H,4-5H2,1-3H3,(H,18,23)/t11-/m1/s1. The average molecular weight is 329 g/mol. The minimum absolute atomic E-state index is 0.282. The SMILES string of the molecule is Cc1cc(C)c2cc(C(=O)O[C@H](C)C(=O)N3CCNC3=O)[nH]c2c1. The number of aryl methyl sites for hydroxylation is 2. The van der Waals surface area contributed by atoms with Gasteiger partial charge in [0.05, 0.1) is 0 Å². The van der Waals surface area contributed by atoms with E-state index in [1.54, 1.807) is 6.07 Å². The number of H-pyrrole nitrogens is 1. The third kappa shape index (κ3) is 2.84. The van der Waals surface area contributed by atoms with Crippen molar-refractivity contribution in [1.29, 1.82) is 0 Å². The van der Waals surface area contributed by atoms with Crippen molar-refractivity contribution in [2.45, 2.75) is 26.9 Å². The molecule has 7 nitrogen and oxygen atoms in total. The maximum Gasteiger partial charge on any atom is 0.355 e. The molecule has 1 atom stereocenters. The molecule has 7 heteroatoms. The number of hydrogen-bond donors (Lipinski definition) is 2. The first-order valence-corrected chi connectivity index (χ1v) is 7.77. The zero-order chi connectivity index (χ0) is 17.4. The molecule has 2 aromatic rings. The molecule has 2 heterocycles. The second kappa shape index (κ2) is 5.99. The molecule has 1 fully saturated rings. The number of carbonyl (C=O) groups excluding carboxylic acids is 3. The highest BCUT2D eigenvalue weighted by atomic mass is 16.5. The fourth-order valence-corrected chi connectivity index (χ4v) is 2.89. The molecule has 1 aliphatic rings. The predicted octanol–water partition coefficient (Wildman–Crippen LogP) is 1.88. The van der Waals surface area contributed by atoms with Gasteiger partial charge in [-0.1, -0.05) is 6.07 Å². The number of esters is 1. The number of nitrogens with zero attached hydrogens (tertiary/aromatic N) is 1. The summed E-state index contributed by atoms with van der Waals surface area (Å²) in [6.45, 7) is 6.10. The van der Waals surface area contributed by atoms with Gasteiger partial charge in [0.15, 0.2) is 6.10 Å². The molecule has 0 bridgehead atoms. The third-order valence-electron chi connectivity index (χ3n) is 4.06. The number of rotatable bonds is 3. The van der Waals surface area contributed by atoms with Gasteiger partial charge in [-0.05, 0) is 44.0 Å². The van der Waals surface area contributed by atoms with Crippen LogP contribution in [0, 0.1) is 13.8 Å². The normalized spacial score (nSPS) is 15.5. The minimum atomic E-state index is -1.03.